The first-order valence-corrected chi connectivity index (χ1v) is 7.67. The third kappa shape index (κ3) is 3.96. The maximum absolute atomic E-state index is 13.9. The molecule has 0 aromatic carbocycles. The molecule has 0 bridgehead atoms. The zero-order valence-electron chi connectivity index (χ0n) is 8.76. The highest BCUT2D eigenvalue weighted by Gasteiger charge is 2.43. The fraction of sp³-hybridized carbons (Fsp3) is 1.00. The Hall–Kier alpha value is -0.250. The summed E-state index contributed by atoms with van der Waals surface area (Å²) in [6.45, 7) is 1.18. The fourth-order valence-corrected chi connectivity index (χ4v) is 2.73. The van der Waals surface area contributed by atoms with E-state index in [0.717, 1.165) is 0 Å². The molecule has 6 nitrogen and oxygen atoms in total. The van der Waals surface area contributed by atoms with Crippen molar-refractivity contribution < 1.29 is 25.4 Å². The van der Waals surface area contributed by atoms with E-state index in [4.69, 9.17) is 0 Å². The first-order valence-electron chi connectivity index (χ1n) is 4.73. The van der Waals surface area contributed by atoms with Crippen LogP contribution in [0.15, 0.2) is 0 Å². The van der Waals surface area contributed by atoms with Crippen LogP contribution in [0, 0.1) is 0 Å². The number of hydrogen-bond donors (Lipinski definition) is 1. The van der Waals surface area contributed by atoms with Crippen LogP contribution in [0.5, 0.6) is 0 Å². The molecule has 1 aliphatic rings. The second-order valence-corrected chi connectivity index (χ2v) is 6.40. The number of alkyl halides is 1. The van der Waals surface area contributed by atoms with Crippen LogP contribution < -0.4 is 0 Å². The van der Waals surface area contributed by atoms with Crippen LogP contribution in [0.2, 0.25) is 0 Å². The molecule has 0 aromatic heterocycles. The third-order valence-corrected chi connectivity index (χ3v) is 4.10. The van der Waals surface area contributed by atoms with E-state index < -0.39 is 26.7 Å². The zero-order chi connectivity index (χ0) is 12.4. The molecule has 1 aliphatic heterocycles. The van der Waals surface area contributed by atoms with Crippen LogP contribution >= 0.6 is 0 Å². The van der Waals surface area contributed by atoms with E-state index in [-0.39, 0.29) is 31.1 Å². The van der Waals surface area contributed by atoms with Gasteiger partial charge >= 0.3 is 0 Å². The Labute approximate surface area is 95.5 Å². The topological polar surface area (TPSA) is 80.8 Å². The molecule has 0 aromatic rings. The molecule has 16 heavy (non-hydrogen) atoms. The first-order chi connectivity index (χ1) is 7.26. The lowest BCUT2D eigenvalue weighted by molar-refractivity contribution is -0.0437. The van der Waals surface area contributed by atoms with Gasteiger partial charge in [-0.2, -0.15) is 8.42 Å². The Bertz CT molecular complexity index is 412. The second-order valence-electron chi connectivity index (χ2n) is 3.59. The van der Waals surface area contributed by atoms with E-state index in [1.807, 2.05) is 0 Å². The fourth-order valence-electron chi connectivity index (χ4n) is 1.46. The van der Waals surface area contributed by atoms with Crippen molar-refractivity contribution in [2.45, 2.75) is 19.2 Å². The van der Waals surface area contributed by atoms with Gasteiger partial charge in [0.1, 0.15) is 0 Å². The summed E-state index contributed by atoms with van der Waals surface area (Å²) >= 11 is 0. The first kappa shape index (κ1) is 13.8. The molecule has 0 spiro atoms. The quantitative estimate of drug-likeness (QED) is 0.527. The lowest BCUT2D eigenvalue weighted by Gasteiger charge is -2.19. The number of hydrogen-bond acceptors (Lipinski definition) is 6. The van der Waals surface area contributed by atoms with E-state index in [0.29, 0.717) is 0 Å². The van der Waals surface area contributed by atoms with Crippen molar-refractivity contribution in [1.82, 2.24) is 4.90 Å². The summed E-state index contributed by atoms with van der Waals surface area (Å²) in [7, 11) is -6.50. The molecule has 1 atom stereocenters. The normalized spacial score (nSPS) is 27.7. The van der Waals surface area contributed by atoms with Crippen molar-refractivity contribution in [3.8, 4) is 0 Å². The van der Waals surface area contributed by atoms with Gasteiger partial charge in [0.2, 0.25) is 5.85 Å². The van der Waals surface area contributed by atoms with Crippen LogP contribution in [-0.2, 0) is 25.0 Å². The van der Waals surface area contributed by atoms with Gasteiger partial charge in [-0.05, 0) is 6.92 Å². The number of likely N-dealkylation sites (tertiary alicyclic amines) is 1. The predicted molar refractivity (Wildman–Crippen MR) is 55.8 cm³/mol. The third-order valence-electron chi connectivity index (χ3n) is 2.21. The minimum atomic E-state index is -3.87. The SMILES string of the molecule is CCS(=O)(=O)OC1(F)CCN(C[SH](=O)=O)C1. The molecular weight excluding hydrogens is 261 g/mol. The highest BCUT2D eigenvalue weighted by molar-refractivity contribution is 7.86. The molecule has 1 rings (SSSR count). The molecule has 9 heteroatoms. The van der Waals surface area contributed by atoms with E-state index in [1.165, 1.54) is 11.8 Å². The molecule has 96 valence electrons. The Morgan fingerprint density at radius 1 is 1.50 bits per heavy atom. The van der Waals surface area contributed by atoms with Gasteiger partial charge in [-0.1, -0.05) is 0 Å². The zero-order valence-corrected chi connectivity index (χ0v) is 10.5. The van der Waals surface area contributed by atoms with Gasteiger partial charge in [0.05, 0.1) is 18.2 Å². The average molecular weight is 275 g/mol. The lowest BCUT2D eigenvalue weighted by atomic mass is 10.3. The largest absolute Gasteiger partial charge is 0.284 e. The van der Waals surface area contributed by atoms with Gasteiger partial charge in [0, 0.05) is 13.0 Å². The maximum atomic E-state index is 13.9. The second kappa shape index (κ2) is 4.94. The van der Waals surface area contributed by atoms with Crippen molar-refractivity contribution in [3.63, 3.8) is 0 Å². The highest BCUT2D eigenvalue weighted by Crippen LogP contribution is 2.28. The summed E-state index contributed by atoms with van der Waals surface area (Å²) in [6.07, 6.45) is -0.143. The van der Waals surface area contributed by atoms with Gasteiger partial charge in [0.25, 0.3) is 10.1 Å². The van der Waals surface area contributed by atoms with Crippen LogP contribution in [0.3, 0.4) is 0 Å². The van der Waals surface area contributed by atoms with E-state index in [1.54, 1.807) is 0 Å². The van der Waals surface area contributed by atoms with Gasteiger partial charge < -0.3 is 0 Å². The van der Waals surface area contributed by atoms with Gasteiger partial charge in [-0.25, -0.2) is 17.0 Å². The van der Waals surface area contributed by atoms with Gasteiger partial charge in [-0.15, -0.1) is 0 Å². The molecule has 0 radical (unpaired) electrons. The van der Waals surface area contributed by atoms with E-state index in [9.17, 15) is 21.2 Å². The molecule has 0 amide bonds. The summed E-state index contributed by atoms with van der Waals surface area (Å²) in [5.74, 6) is -2.88. The number of rotatable bonds is 5. The molecular formula is C7H14FNO5S2. The summed E-state index contributed by atoms with van der Waals surface area (Å²) in [6, 6.07) is 0. The molecule has 1 heterocycles. The number of thiol groups is 1. The molecule has 1 unspecified atom stereocenters. The summed E-state index contributed by atoms with van der Waals surface area (Å²) in [4.78, 5) is 1.30. The summed E-state index contributed by atoms with van der Waals surface area (Å²) in [5, 5.41) is 0. The van der Waals surface area contributed by atoms with Crippen LogP contribution in [-0.4, -0.2) is 52.3 Å². The molecule has 0 aliphatic carbocycles. The van der Waals surface area contributed by atoms with Crippen molar-refractivity contribution in [1.29, 1.82) is 0 Å². The molecule has 0 N–H and O–H groups in total. The van der Waals surface area contributed by atoms with E-state index in [2.05, 4.69) is 4.18 Å². The smallest absolute Gasteiger partial charge is 0.270 e. The number of nitrogens with zero attached hydrogens (tertiary/aromatic N) is 1. The van der Waals surface area contributed by atoms with Crippen LogP contribution in [0.1, 0.15) is 13.3 Å². The molecule has 1 saturated heterocycles. The van der Waals surface area contributed by atoms with Crippen molar-refractivity contribution >= 4 is 20.8 Å². The maximum Gasteiger partial charge on any atom is 0.270 e. The molecule has 0 saturated carbocycles. The van der Waals surface area contributed by atoms with Gasteiger partial charge in [0.15, 0.2) is 10.7 Å². The summed E-state index contributed by atoms with van der Waals surface area (Å²) < 4.78 is 61.3. The van der Waals surface area contributed by atoms with Gasteiger partial charge in [-0.3, -0.25) is 4.90 Å². The Morgan fingerprint density at radius 3 is 2.62 bits per heavy atom. The monoisotopic (exact) mass is 275 g/mol. The van der Waals surface area contributed by atoms with E-state index >= 15 is 0 Å². The van der Waals surface area contributed by atoms with Crippen LogP contribution in [0.4, 0.5) is 4.39 Å². The highest BCUT2D eigenvalue weighted by atomic mass is 32.2. The van der Waals surface area contributed by atoms with Crippen LogP contribution in [0.25, 0.3) is 0 Å². The minimum Gasteiger partial charge on any atom is -0.284 e. The Kier molecular flexibility index (Phi) is 4.27. The average Bonchev–Trinajstić information content (AvgIpc) is 2.45. The molecule has 1 fully saturated rings. The van der Waals surface area contributed by atoms with Crippen molar-refractivity contribution in [3.05, 3.63) is 0 Å². The summed E-state index contributed by atoms with van der Waals surface area (Å²) in [5.41, 5.74) is 0. The standard InChI is InChI=1S/C7H14FNO5S2/c1-2-16(12,13)14-7(8)3-4-9(5-7)6-15(10)11/h15H,2-6H2,1H3. The predicted octanol–water partition coefficient (Wildman–Crippen LogP) is -0.707. The van der Waals surface area contributed by atoms with Crippen molar-refractivity contribution in [2.75, 3.05) is 24.7 Å². The lowest BCUT2D eigenvalue weighted by Crippen LogP contribution is -2.35. The minimum absolute atomic E-state index is 0.143. The Balaban J connectivity index is 2.62. The number of halogens is 1. The van der Waals surface area contributed by atoms with Crippen molar-refractivity contribution in [2.24, 2.45) is 0 Å². The Morgan fingerprint density at radius 2 is 2.12 bits per heavy atom.